The van der Waals surface area contributed by atoms with E-state index in [9.17, 15) is 9.90 Å². The zero-order chi connectivity index (χ0) is 14.7. The van der Waals surface area contributed by atoms with Crippen LogP contribution in [-0.2, 0) is 4.79 Å². The minimum absolute atomic E-state index is 0.288. The van der Waals surface area contributed by atoms with E-state index in [4.69, 9.17) is 0 Å². The zero-order valence-electron chi connectivity index (χ0n) is 13.5. The molecule has 2 unspecified atom stereocenters. The van der Waals surface area contributed by atoms with Gasteiger partial charge in [0.15, 0.2) is 0 Å². The summed E-state index contributed by atoms with van der Waals surface area (Å²) in [6.45, 7) is 0. The quantitative estimate of drug-likeness (QED) is 0.767. The van der Waals surface area contributed by atoms with E-state index in [1.165, 1.54) is 64.2 Å². The van der Waals surface area contributed by atoms with Gasteiger partial charge in [-0.3, -0.25) is 4.79 Å². The van der Waals surface area contributed by atoms with Crippen LogP contribution < -0.4 is 0 Å². The van der Waals surface area contributed by atoms with Crippen LogP contribution in [0.4, 0.5) is 0 Å². The van der Waals surface area contributed by atoms with Crippen LogP contribution in [0.2, 0.25) is 0 Å². The highest BCUT2D eigenvalue weighted by Gasteiger charge is 2.57. The summed E-state index contributed by atoms with van der Waals surface area (Å²) >= 11 is 0. The molecule has 3 fully saturated rings. The first-order valence-corrected chi connectivity index (χ1v) is 9.45. The molecule has 3 rings (SSSR count). The Labute approximate surface area is 129 Å². The maximum Gasteiger partial charge on any atom is 0.136 e. The van der Waals surface area contributed by atoms with Crippen LogP contribution in [0, 0.1) is 17.8 Å². The molecule has 0 aromatic carbocycles. The van der Waals surface area contributed by atoms with Crippen LogP contribution in [0.15, 0.2) is 0 Å². The van der Waals surface area contributed by atoms with Crippen LogP contribution in [-0.4, -0.2) is 16.5 Å². The van der Waals surface area contributed by atoms with E-state index in [1.54, 1.807) is 0 Å². The van der Waals surface area contributed by atoms with Crippen LogP contribution >= 0.6 is 0 Å². The average molecular weight is 292 g/mol. The molecule has 2 heteroatoms. The fourth-order valence-electron chi connectivity index (χ4n) is 4.87. The number of Topliss-reactive ketones (excluding diaryl/α,β-unsaturated/α-hetero) is 1. The summed E-state index contributed by atoms with van der Waals surface area (Å²) in [5.41, 5.74) is -0.468. The predicted molar refractivity (Wildman–Crippen MR) is 85.1 cm³/mol. The second-order valence-electron chi connectivity index (χ2n) is 7.94. The van der Waals surface area contributed by atoms with Gasteiger partial charge in [-0.05, 0) is 43.9 Å². The van der Waals surface area contributed by atoms with E-state index >= 15 is 0 Å². The van der Waals surface area contributed by atoms with E-state index in [2.05, 4.69) is 0 Å². The highest BCUT2D eigenvalue weighted by Crippen LogP contribution is 2.55. The number of ketones is 1. The van der Waals surface area contributed by atoms with E-state index in [1.807, 2.05) is 0 Å². The maximum atomic E-state index is 12.5. The molecular weight excluding hydrogens is 260 g/mol. The van der Waals surface area contributed by atoms with Crippen molar-refractivity contribution in [1.82, 2.24) is 0 Å². The van der Waals surface area contributed by atoms with Crippen molar-refractivity contribution in [3.63, 3.8) is 0 Å². The smallest absolute Gasteiger partial charge is 0.136 e. The lowest BCUT2D eigenvalue weighted by atomic mass is 9.87. The maximum absolute atomic E-state index is 12.5. The molecule has 2 atom stereocenters. The molecule has 0 aliphatic heterocycles. The average Bonchev–Trinajstić information content (AvgIpc) is 3.22. The second-order valence-corrected chi connectivity index (χ2v) is 7.94. The molecule has 3 aliphatic carbocycles. The summed E-state index contributed by atoms with van der Waals surface area (Å²) in [5.74, 6) is 1.54. The van der Waals surface area contributed by atoms with Crippen LogP contribution in [0.1, 0.15) is 89.9 Å². The molecule has 0 spiro atoms. The molecule has 0 saturated heterocycles. The summed E-state index contributed by atoms with van der Waals surface area (Å²) in [4.78, 5) is 12.5. The fourth-order valence-corrected chi connectivity index (χ4v) is 4.87. The van der Waals surface area contributed by atoms with E-state index in [0.29, 0.717) is 24.0 Å². The van der Waals surface area contributed by atoms with E-state index in [-0.39, 0.29) is 5.92 Å². The predicted octanol–water partition coefficient (Wildman–Crippen LogP) is 4.64. The Balaban J connectivity index is 1.50. The van der Waals surface area contributed by atoms with Gasteiger partial charge in [-0.25, -0.2) is 0 Å². The topological polar surface area (TPSA) is 37.3 Å². The summed E-state index contributed by atoms with van der Waals surface area (Å²) in [5, 5.41) is 10.9. The Morgan fingerprint density at radius 3 is 1.95 bits per heavy atom. The Morgan fingerprint density at radius 1 is 0.857 bits per heavy atom. The third kappa shape index (κ3) is 3.70. The lowest BCUT2D eigenvalue weighted by Gasteiger charge is -2.22. The molecule has 3 aliphatic rings. The Bertz CT molecular complexity index is 349. The zero-order valence-corrected chi connectivity index (χ0v) is 13.5. The molecule has 3 saturated carbocycles. The molecule has 120 valence electrons. The van der Waals surface area contributed by atoms with Crippen molar-refractivity contribution in [1.29, 1.82) is 0 Å². The van der Waals surface area contributed by atoms with E-state index in [0.717, 1.165) is 19.3 Å². The van der Waals surface area contributed by atoms with Gasteiger partial charge in [-0.2, -0.15) is 0 Å². The van der Waals surface area contributed by atoms with Gasteiger partial charge in [-0.15, -0.1) is 0 Å². The molecule has 0 aromatic rings. The molecule has 1 N–H and O–H groups in total. The summed E-state index contributed by atoms with van der Waals surface area (Å²) in [7, 11) is 0. The van der Waals surface area contributed by atoms with Crippen molar-refractivity contribution >= 4 is 5.78 Å². The molecule has 0 amide bonds. The van der Waals surface area contributed by atoms with Crippen LogP contribution in [0.25, 0.3) is 0 Å². The van der Waals surface area contributed by atoms with Crippen LogP contribution in [0.5, 0.6) is 0 Å². The first kappa shape index (κ1) is 15.5. The Hall–Kier alpha value is -0.370. The number of hydrogen-bond donors (Lipinski definition) is 1. The fraction of sp³-hybridized carbons (Fsp3) is 0.947. The summed E-state index contributed by atoms with van der Waals surface area (Å²) < 4.78 is 0. The minimum Gasteiger partial charge on any atom is -0.389 e. The normalized spacial score (nSPS) is 36.0. The van der Waals surface area contributed by atoms with Gasteiger partial charge in [0.1, 0.15) is 5.78 Å². The van der Waals surface area contributed by atoms with Gasteiger partial charge < -0.3 is 5.11 Å². The largest absolute Gasteiger partial charge is 0.389 e. The Kier molecular flexibility index (Phi) is 5.03. The third-order valence-electron chi connectivity index (χ3n) is 6.44. The molecule has 0 heterocycles. The minimum atomic E-state index is -0.468. The van der Waals surface area contributed by atoms with Crippen molar-refractivity contribution < 1.29 is 9.90 Å². The summed E-state index contributed by atoms with van der Waals surface area (Å²) in [6, 6.07) is 0. The molecule has 0 bridgehead atoms. The molecule has 21 heavy (non-hydrogen) atoms. The second kappa shape index (κ2) is 6.81. The van der Waals surface area contributed by atoms with Gasteiger partial charge in [0.05, 0.1) is 5.60 Å². The van der Waals surface area contributed by atoms with Crippen LogP contribution in [0.3, 0.4) is 0 Å². The molecule has 2 nitrogen and oxygen atoms in total. The van der Waals surface area contributed by atoms with Gasteiger partial charge in [-0.1, -0.05) is 51.4 Å². The lowest BCUT2D eigenvalue weighted by molar-refractivity contribution is -0.124. The van der Waals surface area contributed by atoms with Gasteiger partial charge >= 0.3 is 0 Å². The summed E-state index contributed by atoms with van der Waals surface area (Å²) in [6.07, 6.45) is 16.4. The third-order valence-corrected chi connectivity index (χ3v) is 6.44. The van der Waals surface area contributed by atoms with Crippen molar-refractivity contribution in [3.05, 3.63) is 0 Å². The highest BCUT2D eigenvalue weighted by molar-refractivity contribution is 5.81. The first-order valence-electron chi connectivity index (χ1n) is 9.45. The number of carbonyl (C=O) groups is 1. The monoisotopic (exact) mass is 292 g/mol. The number of hydrogen-bond acceptors (Lipinski definition) is 2. The number of carbonyl (C=O) groups excluding carboxylic acids is 1. The van der Waals surface area contributed by atoms with Gasteiger partial charge in [0, 0.05) is 12.3 Å². The number of aliphatic hydroxyl groups is 1. The van der Waals surface area contributed by atoms with Crippen molar-refractivity contribution in [2.75, 3.05) is 0 Å². The molecule has 0 radical (unpaired) electrons. The van der Waals surface area contributed by atoms with E-state index < -0.39 is 5.60 Å². The standard InChI is InChI=1S/C19H32O2/c20-18(15-9-5-1-2-6-10-15)13-17-14-19(17,21)16-11-7-3-4-8-12-16/h15-17,21H,1-14H2. The number of rotatable bonds is 4. The van der Waals surface area contributed by atoms with Crippen molar-refractivity contribution in [2.24, 2.45) is 17.8 Å². The molecular formula is C19H32O2. The molecule has 0 aromatic heterocycles. The van der Waals surface area contributed by atoms with Crippen molar-refractivity contribution in [3.8, 4) is 0 Å². The van der Waals surface area contributed by atoms with Gasteiger partial charge in [0.25, 0.3) is 0 Å². The Morgan fingerprint density at radius 2 is 1.38 bits per heavy atom. The SMILES string of the molecule is O=C(CC1CC1(O)C1CCCCCC1)C1CCCCCC1. The van der Waals surface area contributed by atoms with Crippen molar-refractivity contribution in [2.45, 2.75) is 95.5 Å². The lowest BCUT2D eigenvalue weighted by Crippen LogP contribution is -2.26. The highest BCUT2D eigenvalue weighted by atomic mass is 16.3. The first-order chi connectivity index (χ1) is 10.2. The van der Waals surface area contributed by atoms with Gasteiger partial charge in [0.2, 0.25) is 0 Å².